The SMILES string of the molecule is COc1ccc(CN2CCN(C3(c4cccnc4)C(=O)c4ccccc4C3=O)CC2)cc1. The molecule has 5 rings (SSSR count). The van der Waals surface area contributed by atoms with E-state index in [-0.39, 0.29) is 11.6 Å². The van der Waals surface area contributed by atoms with Gasteiger partial charge < -0.3 is 4.74 Å². The lowest BCUT2D eigenvalue weighted by atomic mass is 9.83. The number of pyridine rings is 1. The van der Waals surface area contributed by atoms with Gasteiger partial charge in [0.05, 0.1) is 7.11 Å². The van der Waals surface area contributed by atoms with Crippen LogP contribution in [0.25, 0.3) is 0 Å². The molecular weight excluding hydrogens is 402 g/mol. The first kappa shape index (κ1) is 20.5. The zero-order valence-corrected chi connectivity index (χ0v) is 18.0. The molecule has 0 unspecified atom stereocenters. The third-order valence-corrected chi connectivity index (χ3v) is 6.56. The number of piperazine rings is 1. The van der Waals surface area contributed by atoms with Crippen LogP contribution >= 0.6 is 0 Å². The Bertz CT molecular complexity index is 1100. The number of methoxy groups -OCH3 is 1. The summed E-state index contributed by atoms with van der Waals surface area (Å²) in [5, 5.41) is 0. The van der Waals surface area contributed by atoms with Crippen molar-refractivity contribution >= 4 is 11.6 Å². The zero-order valence-electron chi connectivity index (χ0n) is 18.0. The number of benzene rings is 2. The van der Waals surface area contributed by atoms with Gasteiger partial charge >= 0.3 is 0 Å². The molecule has 0 N–H and O–H groups in total. The fraction of sp³-hybridized carbons (Fsp3) is 0.269. The molecule has 0 amide bonds. The quantitative estimate of drug-likeness (QED) is 0.583. The van der Waals surface area contributed by atoms with Gasteiger partial charge in [-0.05, 0) is 23.8 Å². The number of Topliss-reactive ketones (excluding diaryl/α,β-unsaturated/α-hetero) is 2. The van der Waals surface area contributed by atoms with Crippen molar-refractivity contribution in [3.8, 4) is 5.75 Å². The van der Waals surface area contributed by atoms with Crippen LogP contribution in [0.5, 0.6) is 5.75 Å². The summed E-state index contributed by atoms with van der Waals surface area (Å²) in [5.74, 6) is 0.555. The van der Waals surface area contributed by atoms with Crippen LogP contribution in [-0.2, 0) is 12.1 Å². The summed E-state index contributed by atoms with van der Waals surface area (Å²) in [7, 11) is 1.66. The van der Waals surface area contributed by atoms with Gasteiger partial charge in [-0.15, -0.1) is 0 Å². The van der Waals surface area contributed by atoms with Gasteiger partial charge in [-0.25, -0.2) is 0 Å². The molecule has 32 heavy (non-hydrogen) atoms. The molecule has 0 spiro atoms. The van der Waals surface area contributed by atoms with Crippen LogP contribution in [0.15, 0.2) is 73.1 Å². The summed E-state index contributed by atoms with van der Waals surface area (Å²) in [6.45, 7) is 3.60. The first-order valence-electron chi connectivity index (χ1n) is 10.8. The van der Waals surface area contributed by atoms with Crippen LogP contribution in [0, 0.1) is 0 Å². The lowest BCUT2D eigenvalue weighted by molar-refractivity contribution is 0.0278. The molecule has 1 saturated heterocycles. The molecule has 0 radical (unpaired) electrons. The van der Waals surface area contributed by atoms with E-state index >= 15 is 0 Å². The third kappa shape index (κ3) is 3.23. The Kier molecular flexibility index (Phi) is 5.33. The van der Waals surface area contributed by atoms with E-state index in [0.717, 1.165) is 25.4 Å². The van der Waals surface area contributed by atoms with Crippen LogP contribution in [0.1, 0.15) is 31.8 Å². The van der Waals surface area contributed by atoms with Gasteiger partial charge in [0, 0.05) is 61.8 Å². The molecule has 1 fully saturated rings. The smallest absolute Gasteiger partial charge is 0.196 e. The predicted octanol–water partition coefficient (Wildman–Crippen LogP) is 3.18. The van der Waals surface area contributed by atoms with Crippen molar-refractivity contribution in [2.24, 2.45) is 0 Å². The average Bonchev–Trinajstić information content (AvgIpc) is 3.08. The molecule has 1 aliphatic heterocycles. The monoisotopic (exact) mass is 427 g/mol. The van der Waals surface area contributed by atoms with Crippen molar-refractivity contribution in [3.05, 3.63) is 95.3 Å². The highest BCUT2D eigenvalue weighted by atomic mass is 16.5. The Morgan fingerprint density at radius 1 is 0.875 bits per heavy atom. The number of carbonyl (C=O) groups excluding carboxylic acids is 2. The van der Waals surface area contributed by atoms with Crippen LogP contribution in [0.4, 0.5) is 0 Å². The first-order chi connectivity index (χ1) is 15.6. The highest BCUT2D eigenvalue weighted by molar-refractivity contribution is 6.32. The van der Waals surface area contributed by atoms with Crippen LogP contribution in [0.2, 0.25) is 0 Å². The predicted molar refractivity (Wildman–Crippen MR) is 121 cm³/mol. The Hall–Kier alpha value is -3.35. The number of aromatic nitrogens is 1. The van der Waals surface area contributed by atoms with Crippen molar-refractivity contribution in [1.82, 2.24) is 14.8 Å². The number of hydrogen-bond acceptors (Lipinski definition) is 6. The Labute approximate surface area is 187 Å². The van der Waals surface area contributed by atoms with Crippen molar-refractivity contribution in [2.75, 3.05) is 33.3 Å². The second-order valence-corrected chi connectivity index (χ2v) is 8.27. The Morgan fingerprint density at radius 2 is 1.53 bits per heavy atom. The number of fused-ring (bicyclic) bond motifs is 1. The molecular formula is C26H25N3O3. The number of nitrogens with zero attached hydrogens (tertiary/aromatic N) is 3. The summed E-state index contributed by atoms with van der Waals surface area (Å²) in [4.78, 5) is 36.1. The highest BCUT2D eigenvalue weighted by Gasteiger charge is 2.58. The summed E-state index contributed by atoms with van der Waals surface area (Å²) in [5.41, 5.74) is 1.53. The van der Waals surface area contributed by atoms with Gasteiger partial charge in [-0.1, -0.05) is 42.5 Å². The van der Waals surface area contributed by atoms with Gasteiger partial charge in [0.2, 0.25) is 0 Å². The lowest BCUT2D eigenvalue weighted by Crippen LogP contribution is -2.60. The zero-order chi connectivity index (χ0) is 22.1. The highest BCUT2D eigenvalue weighted by Crippen LogP contribution is 2.42. The van der Waals surface area contributed by atoms with Crippen molar-refractivity contribution < 1.29 is 14.3 Å². The molecule has 3 aromatic rings. The third-order valence-electron chi connectivity index (χ3n) is 6.56. The molecule has 1 aliphatic carbocycles. The van der Waals surface area contributed by atoms with Gasteiger partial charge in [-0.3, -0.25) is 24.4 Å². The fourth-order valence-electron chi connectivity index (χ4n) is 4.91. The normalized spacial score (nSPS) is 18.5. The van der Waals surface area contributed by atoms with E-state index < -0.39 is 5.54 Å². The second kappa shape index (κ2) is 8.30. The maximum absolute atomic E-state index is 13.7. The summed E-state index contributed by atoms with van der Waals surface area (Å²) in [6.07, 6.45) is 3.33. The lowest BCUT2D eigenvalue weighted by Gasteiger charge is -2.43. The molecule has 2 aromatic carbocycles. The number of carbonyl (C=O) groups is 2. The van der Waals surface area contributed by atoms with Crippen LogP contribution in [-0.4, -0.2) is 59.6 Å². The van der Waals surface area contributed by atoms with Crippen molar-refractivity contribution in [1.29, 1.82) is 0 Å². The minimum absolute atomic E-state index is 0.144. The number of ketones is 2. The molecule has 2 aliphatic rings. The molecule has 0 saturated carbocycles. The van der Waals surface area contributed by atoms with Crippen LogP contribution < -0.4 is 4.74 Å². The molecule has 0 bridgehead atoms. The molecule has 6 heteroatoms. The van der Waals surface area contributed by atoms with Crippen molar-refractivity contribution in [2.45, 2.75) is 12.1 Å². The van der Waals surface area contributed by atoms with E-state index in [9.17, 15) is 9.59 Å². The standard InChI is InChI=1S/C26H25N3O3/c1-32-21-10-8-19(9-11-21)18-28-13-15-29(16-14-28)26(20-5-4-12-27-17-20)24(30)22-6-2-3-7-23(22)25(26)31/h2-12,17H,13-16,18H2,1H3. The molecule has 0 atom stereocenters. The molecule has 162 valence electrons. The first-order valence-corrected chi connectivity index (χ1v) is 10.8. The number of ether oxygens (including phenoxy) is 1. The fourth-order valence-corrected chi connectivity index (χ4v) is 4.91. The van der Waals surface area contributed by atoms with E-state index in [4.69, 9.17) is 4.74 Å². The maximum atomic E-state index is 13.7. The Morgan fingerprint density at radius 3 is 2.09 bits per heavy atom. The summed E-state index contributed by atoms with van der Waals surface area (Å²) < 4.78 is 5.24. The summed E-state index contributed by atoms with van der Waals surface area (Å²) >= 11 is 0. The molecule has 2 heterocycles. The number of rotatable bonds is 5. The van der Waals surface area contributed by atoms with Crippen LogP contribution in [0.3, 0.4) is 0 Å². The largest absolute Gasteiger partial charge is 0.497 e. The minimum Gasteiger partial charge on any atom is -0.497 e. The van der Waals surface area contributed by atoms with Gasteiger partial charge in [-0.2, -0.15) is 0 Å². The van der Waals surface area contributed by atoms with E-state index in [1.54, 1.807) is 37.7 Å². The number of hydrogen-bond donors (Lipinski definition) is 0. The average molecular weight is 428 g/mol. The molecule has 6 nitrogen and oxygen atoms in total. The molecule has 1 aromatic heterocycles. The second-order valence-electron chi connectivity index (χ2n) is 8.27. The van der Waals surface area contributed by atoms with Gasteiger partial charge in [0.1, 0.15) is 5.75 Å². The van der Waals surface area contributed by atoms with E-state index in [1.165, 1.54) is 5.56 Å². The van der Waals surface area contributed by atoms with E-state index in [2.05, 4.69) is 26.9 Å². The van der Waals surface area contributed by atoms with E-state index in [1.807, 2.05) is 30.3 Å². The minimum atomic E-state index is -1.33. The van der Waals surface area contributed by atoms with E-state index in [0.29, 0.717) is 29.8 Å². The maximum Gasteiger partial charge on any atom is 0.196 e. The van der Waals surface area contributed by atoms with Gasteiger partial charge in [0.15, 0.2) is 17.1 Å². The summed E-state index contributed by atoms with van der Waals surface area (Å²) in [6, 6.07) is 18.9. The van der Waals surface area contributed by atoms with Crippen molar-refractivity contribution in [3.63, 3.8) is 0 Å². The Balaban J connectivity index is 1.41. The van der Waals surface area contributed by atoms with Gasteiger partial charge in [0.25, 0.3) is 0 Å². The topological polar surface area (TPSA) is 62.7 Å².